The number of imide groups is 1. The molecule has 0 unspecified atom stereocenters. The van der Waals surface area contributed by atoms with Crippen LogP contribution in [0, 0.1) is 6.92 Å². The molecule has 0 atom stereocenters. The average Bonchev–Trinajstić information content (AvgIpc) is 2.99. The molecule has 0 aliphatic carbocycles. The third-order valence-corrected chi connectivity index (χ3v) is 4.41. The molecule has 2 aromatic carbocycles. The second-order valence-electron chi connectivity index (χ2n) is 5.71. The maximum atomic E-state index is 10.4. The van der Waals surface area contributed by atoms with Crippen LogP contribution in [0.1, 0.15) is 29.5 Å². The molecule has 27 heavy (non-hydrogen) atoms. The summed E-state index contributed by atoms with van der Waals surface area (Å²) in [5.74, 6) is 0.0968. The van der Waals surface area contributed by atoms with Crippen molar-refractivity contribution in [3.8, 4) is 5.75 Å². The summed E-state index contributed by atoms with van der Waals surface area (Å²) in [5.41, 5.74) is 2.68. The Morgan fingerprint density at radius 3 is 2.30 bits per heavy atom. The Bertz CT molecular complexity index is 825. The highest BCUT2D eigenvalue weighted by atomic mass is 35.5. The molecule has 0 spiro atoms. The van der Waals surface area contributed by atoms with Gasteiger partial charge in [0.1, 0.15) is 12.4 Å². The van der Waals surface area contributed by atoms with Crippen LogP contribution in [-0.2, 0) is 16.2 Å². The largest absolute Gasteiger partial charge is 0.489 e. The average molecular weight is 409 g/mol. The minimum Gasteiger partial charge on any atom is -0.489 e. The van der Waals surface area contributed by atoms with E-state index < -0.39 is 0 Å². The lowest BCUT2D eigenvalue weighted by Gasteiger charge is -2.09. The molecular weight excluding hydrogens is 391 g/mol. The number of oxime groups is 1. The van der Waals surface area contributed by atoms with Gasteiger partial charge in [-0.05, 0) is 30.2 Å². The summed E-state index contributed by atoms with van der Waals surface area (Å²) in [6.45, 7) is 2.38. The number of halogens is 2. The number of carbonyl (C=O) groups excluding carboxylic acids is 2. The number of aryl methyl sites for hydroxylation is 1. The first-order chi connectivity index (χ1) is 12.9. The Hall–Kier alpha value is -2.57. The van der Waals surface area contributed by atoms with Gasteiger partial charge < -0.3 is 9.94 Å². The van der Waals surface area contributed by atoms with E-state index in [1.165, 1.54) is 0 Å². The van der Waals surface area contributed by atoms with Crippen LogP contribution in [0.4, 0.5) is 0 Å². The molecule has 1 heterocycles. The minimum atomic E-state index is -0.295. The van der Waals surface area contributed by atoms with Crippen molar-refractivity contribution in [2.24, 2.45) is 5.16 Å². The maximum absolute atomic E-state index is 10.4. The van der Waals surface area contributed by atoms with E-state index in [1.807, 2.05) is 49.4 Å². The van der Waals surface area contributed by atoms with E-state index in [4.69, 9.17) is 33.3 Å². The lowest BCUT2D eigenvalue weighted by molar-refractivity contribution is -0.132. The summed E-state index contributed by atoms with van der Waals surface area (Å²) in [4.78, 5) is 20.7. The number of carbonyl (C=O) groups is 2. The van der Waals surface area contributed by atoms with Crippen molar-refractivity contribution >= 4 is 40.4 Å². The van der Waals surface area contributed by atoms with E-state index in [1.54, 1.807) is 6.07 Å². The van der Waals surface area contributed by atoms with Gasteiger partial charge in [-0.1, -0.05) is 53.2 Å². The summed E-state index contributed by atoms with van der Waals surface area (Å²) in [5, 5.41) is 11.8. The lowest BCUT2D eigenvalue weighted by atomic mass is 10.1. The molecule has 2 amide bonds. The summed E-state index contributed by atoms with van der Waals surface area (Å²) in [7, 11) is 0. The number of rotatable bonds is 4. The molecule has 8 heteroatoms. The quantitative estimate of drug-likeness (QED) is 0.269. The zero-order chi connectivity index (χ0) is 19.8. The van der Waals surface area contributed by atoms with Crippen molar-refractivity contribution in [3.63, 3.8) is 0 Å². The fourth-order valence-corrected chi connectivity index (χ4v) is 2.63. The number of nitrogens with zero attached hydrogens (tertiary/aromatic N) is 2. The Kier molecular flexibility index (Phi) is 7.64. The first kappa shape index (κ1) is 20.7. The van der Waals surface area contributed by atoms with Crippen LogP contribution >= 0.6 is 23.4 Å². The van der Waals surface area contributed by atoms with Gasteiger partial charge in [-0.2, -0.15) is 4.42 Å². The van der Waals surface area contributed by atoms with Gasteiger partial charge in [-0.3, -0.25) is 9.59 Å². The van der Waals surface area contributed by atoms with E-state index in [0.717, 1.165) is 11.1 Å². The highest BCUT2D eigenvalue weighted by Gasteiger charge is 2.26. The Balaban J connectivity index is 0.000000273. The van der Waals surface area contributed by atoms with E-state index in [0.29, 0.717) is 22.3 Å². The van der Waals surface area contributed by atoms with Crippen molar-refractivity contribution in [3.05, 3.63) is 65.2 Å². The third-order valence-electron chi connectivity index (χ3n) is 3.76. The molecule has 2 aromatic rings. The molecule has 142 valence electrons. The number of amides is 2. The topological polar surface area (TPSA) is 79.2 Å². The van der Waals surface area contributed by atoms with Gasteiger partial charge in [0.25, 0.3) is 0 Å². The molecule has 0 saturated carbocycles. The Morgan fingerprint density at radius 1 is 1.15 bits per heavy atom. The number of benzene rings is 2. The Morgan fingerprint density at radius 2 is 1.78 bits per heavy atom. The van der Waals surface area contributed by atoms with E-state index in [-0.39, 0.29) is 29.8 Å². The summed E-state index contributed by atoms with van der Waals surface area (Å²) >= 11 is 11.0. The second-order valence-corrected chi connectivity index (χ2v) is 6.41. The molecule has 1 N–H and O–H groups in total. The van der Waals surface area contributed by atoms with Gasteiger partial charge in [0.15, 0.2) is 5.17 Å². The van der Waals surface area contributed by atoms with Crippen molar-refractivity contribution in [1.29, 1.82) is 0 Å². The van der Waals surface area contributed by atoms with Crippen LogP contribution < -0.4 is 4.74 Å². The van der Waals surface area contributed by atoms with Gasteiger partial charge in [-0.25, -0.2) is 0 Å². The zero-order valence-electron chi connectivity index (χ0n) is 14.6. The molecule has 0 aromatic heterocycles. The molecule has 1 aliphatic rings. The van der Waals surface area contributed by atoms with Crippen LogP contribution in [0.25, 0.3) is 0 Å². The van der Waals surface area contributed by atoms with E-state index >= 15 is 0 Å². The summed E-state index contributed by atoms with van der Waals surface area (Å²) in [6, 6.07) is 15.4. The van der Waals surface area contributed by atoms with E-state index in [9.17, 15) is 9.59 Å². The maximum Gasteiger partial charge on any atom is 0.244 e. The Labute approximate surface area is 167 Å². The van der Waals surface area contributed by atoms with Crippen molar-refractivity contribution in [2.45, 2.75) is 26.4 Å². The van der Waals surface area contributed by atoms with Gasteiger partial charge in [0, 0.05) is 30.2 Å². The molecule has 0 bridgehead atoms. The zero-order valence-corrected chi connectivity index (χ0v) is 16.1. The highest BCUT2D eigenvalue weighted by Crippen LogP contribution is 2.20. The molecule has 0 radical (unpaired) electrons. The molecule has 1 fully saturated rings. The standard InChI is InChI=1S/C15H14ClNO2.C4H4ClNO2/c1-11-7-8-13(9-14(11)15(16)17-18)19-10-12-5-3-2-4-6-12;5-6-3(7)1-2-4(6)8/h2-9,18H,10H2,1H3;1-2H2. The lowest BCUT2D eigenvalue weighted by Crippen LogP contribution is -2.16. The predicted octanol–water partition coefficient (Wildman–Crippen LogP) is 4.24. The molecule has 1 saturated heterocycles. The smallest absolute Gasteiger partial charge is 0.244 e. The van der Waals surface area contributed by atoms with Gasteiger partial charge in [-0.15, -0.1) is 0 Å². The van der Waals surface area contributed by atoms with Crippen molar-refractivity contribution in [1.82, 2.24) is 4.42 Å². The minimum absolute atomic E-state index is 0.0580. The van der Waals surface area contributed by atoms with Crippen molar-refractivity contribution in [2.75, 3.05) is 0 Å². The number of hydrogen-bond donors (Lipinski definition) is 1. The fourth-order valence-electron chi connectivity index (χ4n) is 2.26. The van der Waals surface area contributed by atoms with Crippen LogP contribution in [0.2, 0.25) is 0 Å². The van der Waals surface area contributed by atoms with Crippen LogP contribution in [0.15, 0.2) is 53.7 Å². The SMILES string of the molecule is Cc1ccc(OCc2ccccc2)cc1C(Cl)=NO.O=C1CCC(=O)N1Cl. The van der Waals surface area contributed by atoms with Crippen LogP contribution in [0.5, 0.6) is 5.75 Å². The fraction of sp³-hybridized carbons (Fsp3) is 0.211. The highest BCUT2D eigenvalue weighted by molar-refractivity contribution is 6.69. The summed E-state index contributed by atoms with van der Waals surface area (Å²) in [6.07, 6.45) is 0.532. The summed E-state index contributed by atoms with van der Waals surface area (Å²) < 4.78 is 6.33. The molecule has 6 nitrogen and oxygen atoms in total. The molecule has 1 aliphatic heterocycles. The number of ether oxygens (including phenoxy) is 1. The normalized spacial score (nSPS) is 14.0. The van der Waals surface area contributed by atoms with Gasteiger partial charge in [0.05, 0.1) is 0 Å². The van der Waals surface area contributed by atoms with Crippen molar-refractivity contribution < 1.29 is 19.5 Å². The van der Waals surface area contributed by atoms with Crippen LogP contribution in [-0.4, -0.2) is 26.6 Å². The molecular formula is C19H18Cl2N2O4. The first-order valence-electron chi connectivity index (χ1n) is 8.09. The third kappa shape index (κ3) is 5.98. The first-order valence-corrected chi connectivity index (χ1v) is 8.81. The monoisotopic (exact) mass is 408 g/mol. The van der Waals surface area contributed by atoms with Crippen LogP contribution in [0.3, 0.4) is 0 Å². The second kappa shape index (κ2) is 9.94. The van der Waals surface area contributed by atoms with E-state index in [2.05, 4.69) is 5.16 Å². The van der Waals surface area contributed by atoms with Gasteiger partial charge >= 0.3 is 0 Å². The van der Waals surface area contributed by atoms with Gasteiger partial charge in [0.2, 0.25) is 11.8 Å². The predicted molar refractivity (Wildman–Crippen MR) is 103 cm³/mol. The molecule has 3 rings (SSSR count). The number of hydrogen-bond acceptors (Lipinski definition) is 5.